The topological polar surface area (TPSA) is 40.5 Å². The highest BCUT2D eigenvalue weighted by Crippen LogP contribution is 2.30. The van der Waals surface area contributed by atoms with Gasteiger partial charge < -0.3 is 5.11 Å². The summed E-state index contributed by atoms with van der Waals surface area (Å²) in [6.07, 6.45) is 1.66. The monoisotopic (exact) mass is 253 g/mol. The van der Waals surface area contributed by atoms with Gasteiger partial charge in [-0.3, -0.25) is 9.69 Å². The maximum Gasteiger partial charge on any atom is 0.323 e. The number of aliphatic carboxylic acids is 1. The molecule has 17 heavy (non-hydrogen) atoms. The summed E-state index contributed by atoms with van der Waals surface area (Å²) in [7, 11) is 0. The molecule has 3 nitrogen and oxygen atoms in total. The van der Waals surface area contributed by atoms with Crippen LogP contribution >= 0.6 is 11.6 Å². The molecule has 0 radical (unpaired) electrons. The molecular weight excluding hydrogens is 238 g/mol. The molecule has 4 heteroatoms. The van der Waals surface area contributed by atoms with Crippen LogP contribution in [-0.2, 0) is 11.3 Å². The number of carboxylic acid groups (broad SMARTS) is 1. The van der Waals surface area contributed by atoms with E-state index in [9.17, 15) is 9.90 Å². The minimum Gasteiger partial charge on any atom is -0.480 e. The molecule has 1 N–H and O–H groups in total. The Bertz CT molecular complexity index is 418. The van der Waals surface area contributed by atoms with Crippen LogP contribution in [0, 0.1) is 0 Å². The van der Waals surface area contributed by atoms with Crippen LogP contribution in [0.5, 0.6) is 0 Å². The molecule has 2 rings (SSSR count). The van der Waals surface area contributed by atoms with Gasteiger partial charge in [0, 0.05) is 11.6 Å². The van der Waals surface area contributed by atoms with Crippen molar-refractivity contribution in [2.45, 2.75) is 31.8 Å². The molecule has 1 fully saturated rings. The lowest BCUT2D eigenvalue weighted by atomic mass is 9.99. The van der Waals surface area contributed by atoms with Gasteiger partial charge in [0.2, 0.25) is 0 Å². The van der Waals surface area contributed by atoms with E-state index in [1.807, 2.05) is 29.2 Å². The highest BCUT2D eigenvalue weighted by Gasteiger charge is 2.42. The normalized spacial score (nSPS) is 25.1. The van der Waals surface area contributed by atoms with E-state index in [-0.39, 0.29) is 0 Å². The van der Waals surface area contributed by atoms with Crippen LogP contribution in [-0.4, -0.2) is 28.1 Å². The van der Waals surface area contributed by atoms with Gasteiger partial charge in [-0.05, 0) is 44.0 Å². The van der Waals surface area contributed by atoms with Gasteiger partial charge in [0.25, 0.3) is 0 Å². The van der Waals surface area contributed by atoms with E-state index in [1.54, 1.807) is 6.92 Å². The van der Waals surface area contributed by atoms with Crippen molar-refractivity contribution in [1.29, 1.82) is 0 Å². The van der Waals surface area contributed by atoms with Crippen molar-refractivity contribution in [2.75, 3.05) is 6.54 Å². The molecular formula is C13H16ClNO2. The minimum atomic E-state index is -0.732. The molecule has 1 unspecified atom stereocenters. The second kappa shape index (κ2) is 4.67. The van der Waals surface area contributed by atoms with Gasteiger partial charge in [0.15, 0.2) is 0 Å². The maximum absolute atomic E-state index is 11.3. The zero-order valence-corrected chi connectivity index (χ0v) is 10.6. The Morgan fingerprint density at radius 3 is 2.71 bits per heavy atom. The van der Waals surface area contributed by atoms with E-state index >= 15 is 0 Å². The van der Waals surface area contributed by atoms with Crippen LogP contribution in [0.2, 0.25) is 5.02 Å². The summed E-state index contributed by atoms with van der Waals surface area (Å²) in [5.74, 6) is -0.732. The Hall–Kier alpha value is -1.06. The fourth-order valence-corrected chi connectivity index (χ4v) is 2.45. The Kier molecular flexibility index (Phi) is 3.40. The lowest BCUT2D eigenvalue weighted by Gasteiger charge is -2.31. The summed E-state index contributed by atoms with van der Waals surface area (Å²) in [4.78, 5) is 13.3. The van der Waals surface area contributed by atoms with Crippen molar-refractivity contribution in [3.63, 3.8) is 0 Å². The van der Waals surface area contributed by atoms with Crippen molar-refractivity contribution < 1.29 is 9.90 Å². The highest BCUT2D eigenvalue weighted by atomic mass is 35.5. The molecule has 1 aromatic carbocycles. The van der Waals surface area contributed by atoms with Gasteiger partial charge in [-0.2, -0.15) is 0 Å². The van der Waals surface area contributed by atoms with Crippen molar-refractivity contribution in [3.05, 3.63) is 34.9 Å². The second-order valence-electron chi connectivity index (χ2n) is 4.73. The first-order valence-electron chi connectivity index (χ1n) is 5.75. The first kappa shape index (κ1) is 12.4. The van der Waals surface area contributed by atoms with E-state index in [4.69, 9.17) is 11.6 Å². The number of hydrogen-bond acceptors (Lipinski definition) is 2. The van der Waals surface area contributed by atoms with E-state index in [0.29, 0.717) is 11.6 Å². The lowest BCUT2D eigenvalue weighted by Crippen LogP contribution is -2.47. The smallest absolute Gasteiger partial charge is 0.323 e. The Balaban J connectivity index is 2.13. The Labute approximate surface area is 106 Å². The van der Waals surface area contributed by atoms with Crippen LogP contribution in [0.3, 0.4) is 0 Å². The standard InChI is InChI=1S/C13H16ClNO2/c1-13(12(16)17)7-2-8-15(13)9-10-3-5-11(14)6-4-10/h3-6H,2,7-9H2,1H3,(H,16,17). The predicted octanol–water partition coefficient (Wildman–Crippen LogP) is 2.78. The van der Waals surface area contributed by atoms with Gasteiger partial charge in [-0.1, -0.05) is 23.7 Å². The zero-order valence-electron chi connectivity index (χ0n) is 9.82. The van der Waals surface area contributed by atoms with Crippen molar-refractivity contribution in [2.24, 2.45) is 0 Å². The SMILES string of the molecule is CC1(C(=O)O)CCCN1Cc1ccc(Cl)cc1. The summed E-state index contributed by atoms with van der Waals surface area (Å²) in [5.41, 5.74) is 0.378. The minimum absolute atomic E-state index is 0.667. The Morgan fingerprint density at radius 1 is 1.47 bits per heavy atom. The zero-order chi connectivity index (χ0) is 12.5. The van der Waals surface area contributed by atoms with Crippen molar-refractivity contribution in [1.82, 2.24) is 4.90 Å². The summed E-state index contributed by atoms with van der Waals surface area (Å²) >= 11 is 5.83. The molecule has 0 saturated carbocycles. The molecule has 0 aliphatic carbocycles. The maximum atomic E-state index is 11.3. The van der Waals surface area contributed by atoms with Gasteiger partial charge in [0.05, 0.1) is 0 Å². The third-order valence-corrected chi connectivity index (χ3v) is 3.79. The van der Waals surface area contributed by atoms with Crippen LogP contribution in [0.1, 0.15) is 25.3 Å². The second-order valence-corrected chi connectivity index (χ2v) is 5.17. The molecule has 0 bridgehead atoms. The number of nitrogens with zero attached hydrogens (tertiary/aromatic N) is 1. The summed E-state index contributed by atoms with van der Waals surface area (Å²) in [6, 6.07) is 7.57. The molecule has 1 atom stereocenters. The molecule has 1 heterocycles. The van der Waals surface area contributed by atoms with Gasteiger partial charge in [0.1, 0.15) is 5.54 Å². The molecule has 92 valence electrons. The summed E-state index contributed by atoms with van der Waals surface area (Å²) < 4.78 is 0. The molecule has 1 aromatic rings. The number of rotatable bonds is 3. The lowest BCUT2D eigenvalue weighted by molar-refractivity contribution is -0.148. The molecule has 1 aliphatic rings. The average Bonchev–Trinajstić information content (AvgIpc) is 2.65. The summed E-state index contributed by atoms with van der Waals surface area (Å²) in [5, 5.41) is 10.0. The number of hydrogen-bond donors (Lipinski definition) is 1. The largest absolute Gasteiger partial charge is 0.480 e. The number of carbonyl (C=O) groups is 1. The van der Waals surface area contributed by atoms with Crippen LogP contribution in [0.15, 0.2) is 24.3 Å². The van der Waals surface area contributed by atoms with E-state index in [2.05, 4.69) is 0 Å². The number of carboxylic acids is 1. The third-order valence-electron chi connectivity index (χ3n) is 3.54. The van der Waals surface area contributed by atoms with Gasteiger partial charge in [-0.25, -0.2) is 0 Å². The first-order valence-corrected chi connectivity index (χ1v) is 6.13. The summed E-state index contributed by atoms with van der Waals surface area (Å²) in [6.45, 7) is 3.31. The number of likely N-dealkylation sites (tertiary alicyclic amines) is 1. The van der Waals surface area contributed by atoms with Gasteiger partial charge >= 0.3 is 5.97 Å². The number of benzene rings is 1. The molecule has 0 spiro atoms. The highest BCUT2D eigenvalue weighted by molar-refractivity contribution is 6.30. The Morgan fingerprint density at radius 2 is 2.12 bits per heavy atom. The first-order chi connectivity index (χ1) is 8.02. The van der Waals surface area contributed by atoms with Crippen molar-refractivity contribution >= 4 is 17.6 Å². The molecule has 1 aliphatic heterocycles. The van der Waals surface area contributed by atoms with E-state index < -0.39 is 11.5 Å². The fourth-order valence-electron chi connectivity index (χ4n) is 2.32. The van der Waals surface area contributed by atoms with E-state index in [0.717, 1.165) is 24.9 Å². The van der Waals surface area contributed by atoms with Crippen molar-refractivity contribution in [3.8, 4) is 0 Å². The fraction of sp³-hybridized carbons (Fsp3) is 0.462. The third kappa shape index (κ3) is 2.45. The number of halogens is 1. The molecule has 1 saturated heterocycles. The van der Waals surface area contributed by atoms with Crippen LogP contribution in [0.25, 0.3) is 0 Å². The molecule has 0 amide bonds. The van der Waals surface area contributed by atoms with Gasteiger partial charge in [-0.15, -0.1) is 0 Å². The average molecular weight is 254 g/mol. The van der Waals surface area contributed by atoms with Crippen LogP contribution in [0.4, 0.5) is 0 Å². The van der Waals surface area contributed by atoms with Crippen LogP contribution < -0.4 is 0 Å². The molecule has 0 aromatic heterocycles. The van der Waals surface area contributed by atoms with E-state index in [1.165, 1.54) is 0 Å². The predicted molar refractivity (Wildman–Crippen MR) is 67.1 cm³/mol. The quantitative estimate of drug-likeness (QED) is 0.901.